The van der Waals surface area contributed by atoms with Crippen molar-refractivity contribution in [3.05, 3.63) is 108 Å². The molecular weight excluding hydrogens is 528 g/mol. The fourth-order valence-electron chi connectivity index (χ4n) is 4.69. The van der Waals surface area contributed by atoms with Crippen LogP contribution in [0.3, 0.4) is 0 Å². The number of rotatable bonds is 8. The molecule has 1 aliphatic rings. The maximum Gasteiger partial charge on any atom is 0.257 e. The summed E-state index contributed by atoms with van der Waals surface area (Å²) in [4.78, 5) is 31.6. The minimum Gasteiger partial charge on any atom is -0.497 e. The third kappa shape index (κ3) is 6.66. The molecule has 0 N–H and O–H groups in total. The molecule has 4 aromatic rings. The normalized spacial score (nSPS) is 13.1. The lowest BCUT2D eigenvalue weighted by molar-refractivity contribution is -0.132. The minimum absolute atomic E-state index is 0.0361. The Morgan fingerprint density at radius 2 is 1.63 bits per heavy atom. The van der Waals surface area contributed by atoms with Crippen LogP contribution >= 0.6 is 0 Å². The highest BCUT2D eigenvalue weighted by Crippen LogP contribution is 2.23. The van der Waals surface area contributed by atoms with Crippen LogP contribution in [0.2, 0.25) is 0 Å². The second-order valence-electron chi connectivity index (χ2n) is 9.64. The molecule has 0 aliphatic carbocycles. The lowest BCUT2D eigenvalue weighted by Gasteiger charge is -2.36. The van der Waals surface area contributed by atoms with Gasteiger partial charge in [-0.15, -0.1) is 10.2 Å². The predicted octanol–water partition coefficient (Wildman–Crippen LogP) is 4.42. The molecule has 2 heterocycles. The molecule has 0 bridgehead atoms. The maximum atomic E-state index is 14.4. The average Bonchev–Trinajstić information content (AvgIpc) is 3.02. The van der Waals surface area contributed by atoms with E-state index >= 15 is 0 Å². The van der Waals surface area contributed by atoms with E-state index in [1.165, 1.54) is 35.2 Å². The SMILES string of the molecule is COc1cccc(-c2ccc(N3CCN(C(=O)CN(Cc4ccc(F)cc4)C(=O)c4ccccc4F)CC3)nn2)c1. The van der Waals surface area contributed by atoms with Crippen molar-refractivity contribution in [1.29, 1.82) is 0 Å². The number of benzene rings is 3. The van der Waals surface area contributed by atoms with Crippen molar-refractivity contribution in [2.24, 2.45) is 0 Å². The molecule has 3 aromatic carbocycles. The van der Waals surface area contributed by atoms with Crippen LogP contribution in [0.25, 0.3) is 11.3 Å². The average molecular weight is 558 g/mol. The fourth-order valence-corrected chi connectivity index (χ4v) is 4.69. The number of ether oxygens (including phenoxy) is 1. The van der Waals surface area contributed by atoms with E-state index in [4.69, 9.17) is 4.74 Å². The van der Waals surface area contributed by atoms with Crippen molar-refractivity contribution in [2.75, 3.05) is 44.7 Å². The van der Waals surface area contributed by atoms with Crippen molar-refractivity contribution in [1.82, 2.24) is 20.0 Å². The zero-order chi connectivity index (χ0) is 28.8. The molecule has 210 valence electrons. The number of hydrogen-bond donors (Lipinski definition) is 0. The van der Waals surface area contributed by atoms with Crippen molar-refractivity contribution >= 4 is 17.6 Å². The molecule has 0 unspecified atom stereocenters. The predicted molar refractivity (Wildman–Crippen MR) is 150 cm³/mol. The van der Waals surface area contributed by atoms with E-state index in [-0.39, 0.29) is 24.6 Å². The van der Waals surface area contributed by atoms with Crippen LogP contribution in [0, 0.1) is 11.6 Å². The fraction of sp³-hybridized carbons (Fsp3) is 0.226. The van der Waals surface area contributed by atoms with Gasteiger partial charge in [-0.05, 0) is 54.1 Å². The van der Waals surface area contributed by atoms with Crippen LogP contribution < -0.4 is 9.64 Å². The second kappa shape index (κ2) is 12.5. The van der Waals surface area contributed by atoms with Gasteiger partial charge in [0.1, 0.15) is 23.9 Å². The summed E-state index contributed by atoms with van der Waals surface area (Å²) in [5.41, 5.74) is 2.13. The Hall–Kier alpha value is -4.86. The van der Waals surface area contributed by atoms with E-state index < -0.39 is 17.5 Å². The largest absolute Gasteiger partial charge is 0.497 e. The topological polar surface area (TPSA) is 78.9 Å². The highest BCUT2D eigenvalue weighted by Gasteiger charge is 2.27. The van der Waals surface area contributed by atoms with Gasteiger partial charge in [0, 0.05) is 38.3 Å². The Balaban J connectivity index is 1.23. The van der Waals surface area contributed by atoms with Gasteiger partial charge in [-0.1, -0.05) is 36.4 Å². The van der Waals surface area contributed by atoms with Crippen molar-refractivity contribution < 1.29 is 23.1 Å². The van der Waals surface area contributed by atoms with Gasteiger partial charge in [0.05, 0.1) is 18.4 Å². The molecule has 1 aromatic heterocycles. The van der Waals surface area contributed by atoms with Gasteiger partial charge in [0.25, 0.3) is 5.91 Å². The van der Waals surface area contributed by atoms with E-state index in [0.717, 1.165) is 17.0 Å². The zero-order valence-electron chi connectivity index (χ0n) is 22.5. The number of carbonyl (C=O) groups excluding carboxylic acids is 2. The lowest BCUT2D eigenvalue weighted by atomic mass is 10.1. The molecular formula is C31H29F2N5O3. The summed E-state index contributed by atoms with van der Waals surface area (Å²) in [6.45, 7) is 1.73. The van der Waals surface area contributed by atoms with Gasteiger partial charge in [0.2, 0.25) is 5.91 Å². The molecule has 0 spiro atoms. The number of carbonyl (C=O) groups is 2. The Morgan fingerprint density at radius 3 is 2.32 bits per heavy atom. The van der Waals surface area contributed by atoms with E-state index in [9.17, 15) is 18.4 Å². The summed E-state index contributed by atoms with van der Waals surface area (Å²) in [5.74, 6) is -0.491. The van der Waals surface area contributed by atoms with E-state index in [1.54, 1.807) is 30.2 Å². The smallest absolute Gasteiger partial charge is 0.257 e. The molecule has 1 fully saturated rings. The third-order valence-electron chi connectivity index (χ3n) is 6.98. The number of amides is 2. The first kappa shape index (κ1) is 27.7. The summed E-state index contributed by atoms with van der Waals surface area (Å²) >= 11 is 0. The summed E-state index contributed by atoms with van der Waals surface area (Å²) in [6, 6.07) is 22.7. The van der Waals surface area contributed by atoms with Crippen molar-refractivity contribution in [2.45, 2.75) is 6.54 Å². The number of hydrogen-bond acceptors (Lipinski definition) is 6. The quantitative estimate of drug-likeness (QED) is 0.319. The van der Waals surface area contributed by atoms with Crippen LogP contribution in [0.1, 0.15) is 15.9 Å². The molecule has 0 saturated carbocycles. The highest BCUT2D eigenvalue weighted by molar-refractivity contribution is 5.96. The van der Waals surface area contributed by atoms with Crippen molar-refractivity contribution in [3.8, 4) is 17.0 Å². The van der Waals surface area contributed by atoms with Crippen LogP contribution in [0.15, 0.2) is 84.9 Å². The van der Waals surface area contributed by atoms with Gasteiger partial charge in [-0.3, -0.25) is 9.59 Å². The molecule has 0 atom stereocenters. The number of piperazine rings is 1. The first-order chi connectivity index (χ1) is 19.9. The maximum absolute atomic E-state index is 14.4. The van der Waals surface area contributed by atoms with Crippen LogP contribution in [0.5, 0.6) is 5.75 Å². The van der Waals surface area contributed by atoms with Crippen LogP contribution in [0.4, 0.5) is 14.6 Å². The Bertz CT molecular complexity index is 1510. The van der Waals surface area contributed by atoms with E-state index in [2.05, 4.69) is 10.2 Å². The van der Waals surface area contributed by atoms with E-state index in [1.807, 2.05) is 41.3 Å². The molecule has 8 nitrogen and oxygen atoms in total. The van der Waals surface area contributed by atoms with Gasteiger partial charge >= 0.3 is 0 Å². The lowest BCUT2D eigenvalue weighted by Crippen LogP contribution is -2.52. The summed E-state index contributed by atoms with van der Waals surface area (Å²) in [7, 11) is 1.61. The Kier molecular flexibility index (Phi) is 8.47. The van der Waals surface area contributed by atoms with E-state index in [0.29, 0.717) is 37.6 Å². The van der Waals surface area contributed by atoms with Crippen LogP contribution in [-0.2, 0) is 11.3 Å². The zero-order valence-corrected chi connectivity index (χ0v) is 22.5. The third-order valence-corrected chi connectivity index (χ3v) is 6.98. The first-order valence-corrected chi connectivity index (χ1v) is 13.2. The molecule has 1 saturated heterocycles. The Labute approximate surface area is 236 Å². The van der Waals surface area contributed by atoms with Gasteiger partial charge in [-0.25, -0.2) is 8.78 Å². The molecule has 0 radical (unpaired) electrons. The number of anilines is 1. The monoisotopic (exact) mass is 557 g/mol. The summed E-state index contributed by atoms with van der Waals surface area (Å²) < 4.78 is 33.1. The van der Waals surface area contributed by atoms with Gasteiger partial charge < -0.3 is 19.4 Å². The van der Waals surface area contributed by atoms with Gasteiger partial charge in [0.15, 0.2) is 5.82 Å². The molecule has 5 rings (SSSR count). The molecule has 41 heavy (non-hydrogen) atoms. The summed E-state index contributed by atoms with van der Waals surface area (Å²) in [5, 5.41) is 8.75. The molecule has 10 heteroatoms. The Morgan fingerprint density at radius 1 is 0.878 bits per heavy atom. The highest BCUT2D eigenvalue weighted by atomic mass is 19.1. The standard InChI is InChI=1S/C31H29F2N5O3/c1-41-25-6-4-5-23(19-25)28-13-14-29(35-34-28)36-15-17-37(18-16-36)30(39)21-38(20-22-9-11-24(32)12-10-22)31(40)26-7-2-3-8-27(26)33/h2-14,19H,15-18,20-21H2,1H3. The molecule has 2 amide bonds. The number of methoxy groups -OCH3 is 1. The summed E-state index contributed by atoms with van der Waals surface area (Å²) in [6.07, 6.45) is 0. The second-order valence-corrected chi connectivity index (χ2v) is 9.64. The number of halogens is 2. The van der Waals surface area contributed by atoms with Gasteiger partial charge in [-0.2, -0.15) is 0 Å². The first-order valence-electron chi connectivity index (χ1n) is 13.2. The molecule has 1 aliphatic heterocycles. The van der Waals surface area contributed by atoms with Crippen LogP contribution in [-0.4, -0.2) is 71.6 Å². The van der Waals surface area contributed by atoms with Crippen molar-refractivity contribution in [3.63, 3.8) is 0 Å². The minimum atomic E-state index is -0.666. The number of aromatic nitrogens is 2. The number of nitrogens with zero attached hydrogens (tertiary/aromatic N) is 5.